The number of aromatic nitrogens is 2. The van der Waals surface area contributed by atoms with Gasteiger partial charge in [0.15, 0.2) is 0 Å². The normalized spacial score (nSPS) is 10.8. The molecule has 1 amide bonds. The molecule has 0 atom stereocenters. The standard InChI is InChI=1S/C19H19N3O2/c1-12-9-13(2)15-11-14(18(23)22-17(15)10-12)6-8-21-19(24)16-5-3-4-7-20-16/h3-5,7,9-11H,6,8H2,1-2H3,(H,21,24)(H,22,23). The second-order valence-electron chi connectivity index (χ2n) is 5.89. The molecule has 0 aliphatic carbocycles. The van der Waals surface area contributed by atoms with Gasteiger partial charge in [0.05, 0.1) is 0 Å². The van der Waals surface area contributed by atoms with Crippen LogP contribution in [0.1, 0.15) is 27.2 Å². The Bertz CT molecular complexity index is 946. The van der Waals surface area contributed by atoms with E-state index >= 15 is 0 Å². The number of hydrogen-bond acceptors (Lipinski definition) is 3. The quantitative estimate of drug-likeness (QED) is 0.775. The molecule has 2 aromatic heterocycles. The van der Waals surface area contributed by atoms with E-state index in [0.717, 1.165) is 22.0 Å². The van der Waals surface area contributed by atoms with E-state index in [9.17, 15) is 9.59 Å². The summed E-state index contributed by atoms with van der Waals surface area (Å²) in [5.41, 5.74) is 4.01. The summed E-state index contributed by atoms with van der Waals surface area (Å²) in [4.78, 5) is 31.1. The second kappa shape index (κ2) is 6.66. The predicted octanol–water partition coefficient (Wildman–Crippen LogP) is 2.51. The minimum Gasteiger partial charge on any atom is -0.350 e. The number of nitrogens with zero attached hydrogens (tertiary/aromatic N) is 1. The molecule has 5 heteroatoms. The van der Waals surface area contributed by atoms with Crippen LogP contribution in [0.15, 0.2) is 47.4 Å². The topological polar surface area (TPSA) is 74.8 Å². The summed E-state index contributed by atoms with van der Waals surface area (Å²) in [6, 6.07) is 11.2. The van der Waals surface area contributed by atoms with Crippen LogP contribution in [-0.4, -0.2) is 22.4 Å². The number of benzene rings is 1. The molecule has 3 aromatic rings. The van der Waals surface area contributed by atoms with Crippen LogP contribution >= 0.6 is 0 Å². The van der Waals surface area contributed by atoms with Crippen molar-refractivity contribution in [1.82, 2.24) is 15.3 Å². The van der Waals surface area contributed by atoms with Crippen molar-refractivity contribution in [2.45, 2.75) is 20.3 Å². The first kappa shape index (κ1) is 15.9. The summed E-state index contributed by atoms with van der Waals surface area (Å²) in [7, 11) is 0. The summed E-state index contributed by atoms with van der Waals surface area (Å²) in [5, 5.41) is 3.83. The zero-order valence-corrected chi connectivity index (χ0v) is 13.7. The number of carbonyl (C=O) groups excluding carboxylic acids is 1. The number of hydrogen-bond donors (Lipinski definition) is 2. The zero-order valence-electron chi connectivity index (χ0n) is 13.7. The van der Waals surface area contributed by atoms with Gasteiger partial charge in [-0.15, -0.1) is 0 Å². The van der Waals surface area contributed by atoms with Crippen molar-refractivity contribution in [2.75, 3.05) is 6.54 Å². The summed E-state index contributed by atoms with van der Waals surface area (Å²) in [5.74, 6) is -0.236. The third kappa shape index (κ3) is 3.35. The number of H-pyrrole nitrogens is 1. The van der Waals surface area contributed by atoms with Crippen molar-refractivity contribution in [1.29, 1.82) is 0 Å². The maximum absolute atomic E-state index is 12.2. The highest BCUT2D eigenvalue weighted by Crippen LogP contribution is 2.18. The first-order valence-corrected chi connectivity index (χ1v) is 7.87. The van der Waals surface area contributed by atoms with Crippen molar-refractivity contribution >= 4 is 16.8 Å². The Kier molecular flexibility index (Phi) is 4.42. The maximum atomic E-state index is 12.2. The fourth-order valence-corrected chi connectivity index (χ4v) is 2.80. The van der Waals surface area contributed by atoms with Crippen LogP contribution in [-0.2, 0) is 6.42 Å². The molecule has 2 N–H and O–H groups in total. The molecule has 0 radical (unpaired) electrons. The van der Waals surface area contributed by atoms with Crippen molar-refractivity contribution < 1.29 is 4.79 Å². The molecule has 0 fully saturated rings. The monoisotopic (exact) mass is 321 g/mol. The van der Waals surface area contributed by atoms with E-state index in [4.69, 9.17) is 0 Å². The van der Waals surface area contributed by atoms with Crippen LogP contribution in [0.5, 0.6) is 0 Å². The van der Waals surface area contributed by atoms with Crippen LogP contribution in [0, 0.1) is 13.8 Å². The molecule has 2 heterocycles. The van der Waals surface area contributed by atoms with E-state index in [2.05, 4.69) is 21.4 Å². The molecule has 3 rings (SSSR count). The molecule has 0 saturated heterocycles. The molecule has 0 saturated carbocycles. The van der Waals surface area contributed by atoms with Crippen LogP contribution < -0.4 is 10.9 Å². The Labute approximate surface area is 139 Å². The van der Waals surface area contributed by atoms with Gasteiger partial charge < -0.3 is 10.3 Å². The van der Waals surface area contributed by atoms with Gasteiger partial charge in [-0.05, 0) is 55.7 Å². The molecule has 5 nitrogen and oxygen atoms in total. The van der Waals surface area contributed by atoms with E-state index < -0.39 is 0 Å². The first-order valence-electron chi connectivity index (χ1n) is 7.87. The Morgan fingerprint density at radius 1 is 1.21 bits per heavy atom. The molecular formula is C19H19N3O2. The van der Waals surface area contributed by atoms with Gasteiger partial charge >= 0.3 is 0 Å². The van der Waals surface area contributed by atoms with Crippen LogP contribution in [0.25, 0.3) is 10.9 Å². The fourth-order valence-electron chi connectivity index (χ4n) is 2.80. The van der Waals surface area contributed by atoms with Gasteiger partial charge in [-0.2, -0.15) is 0 Å². The largest absolute Gasteiger partial charge is 0.350 e. The lowest BCUT2D eigenvalue weighted by Crippen LogP contribution is -2.28. The summed E-state index contributed by atoms with van der Waals surface area (Å²) >= 11 is 0. The van der Waals surface area contributed by atoms with Crippen molar-refractivity contribution in [3.63, 3.8) is 0 Å². The Balaban J connectivity index is 1.75. The molecule has 0 spiro atoms. The molecule has 24 heavy (non-hydrogen) atoms. The molecular weight excluding hydrogens is 302 g/mol. The first-order chi connectivity index (χ1) is 11.5. The van der Waals surface area contributed by atoms with Crippen molar-refractivity contribution in [3.05, 3.63) is 75.3 Å². The second-order valence-corrected chi connectivity index (χ2v) is 5.89. The Morgan fingerprint density at radius 3 is 2.79 bits per heavy atom. The van der Waals surface area contributed by atoms with E-state index in [1.165, 1.54) is 0 Å². The van der Waals surface area contributed by atoms with Gasteiger partial charge in [-0.3, -0.25) is 14.6 Å². The maximum Gasteiger partial charge on any atom is 0.269 e. The van der Waals surface area contributed by atoms with Gasteiger partial charge in [0.2, 0.25) is 0 Å². The highest BCUT2D eigenvalue weighted by molar-refractivity contribution is 5.92. The molecule has 0 unspecified atom stereocenters. The highest BCUT2D eigenvalue weighted by atomic mass is 16.2. The van der Waals surface area contributed by atoms with Crippen molar-refractivity contribution in [2.24, 2.45) is 0 Å². The van der Waals surface area contributed by atoms with Gasteiger partial charge in [0.1, 0.15) is 5.69 Å². The average Bonchev–Trinajstić information content (AvgIpc) is 2.56. The third-order valence-electron chi connectivity index (χ3n) is 3.97. The number of amides is 1. The third-order valence-corrected chi connectivity index (χ3v) is 3.97. The van der Waals surface area contributed by atoms with Crippen molar-refractivity contribution in [3.8, 4) is 0 Å². The molecule has 0 bridgehead atoms. The molecule has 1 aromatic carbocycles. The number of nitrogens with one attached hydrogen (secondary N) is 2. The van der Waals surface area contributed by atoms with E-state index in [1.54, 1.807) is 24.4 Å². The molecule has 0 aliphatic heterocycles. The number of aryl methyl sites for hydroxylation is 2. The van der Waals surface area contributed by atoms with E-state index in [-0.39, 0.29) is 11.5 Å². The number of rotatable bonds is 4. The smallest absolute Gasteiger partial charge is 0.269 e. The average molecular weight is 321 g/mol. The predicted molar refractivity (Wildman–Crippen MR) is 94.3 cm³/mol. The SMILES string of the molecule is Cc1cc(C)c2cc(CCNC(=O)c3ccccn3)c(=O)[nH]c2c1. The number of aromatic amines is 1. The number of carbonyl (C=O) groups is 1. The lowest BCUT2D eigenvalue weighted by atomic mass is 10.0. The lowest BCUT2D eigenvalue weighted by molar-refractivity contribution is 0.0949. The Morgan fingerprint density at radius 2 is 2.04 bits per heavy atom. The summed E-state index contributed by atoms with van der Waals surface area (Å²) < 4.78 is 0. The van der Waals surface area contributed by atoms with Gasteiger partial charge in [-0.1, -0.05) is 12.1 Å². The summed E-state index contributed by atoms with van der Waals surface area (Å²) in [6.45, 7) is 4.42. The minimum absolute atomic E-state index is 0.111. The van der Waals surface area contributed by atoms with Gasteiger partial charge in [-0.25, -0.2) is 0 Å². The number of pyridine rings is 2. The van der Waals surface area contributed by atoms with E-state index in [1.807, 2.05) is 26.0 Å². The van der Waals surface area contributed by atoms with Crippen LogP contribution in [0.2, 0.25) is 0 Å². The highest BCUT2D eigenvalue weighted by Gasteiger charge is 2.08. The zero-order chi connectivity index (χ0) is 17.1. The molecule has 122 valence electrons. The number of fused-ring (bicyclic) bond motifs is 1. The van der Waals surface area contributed by atoms with Gasteiger partial charge in [0, 0.05) is 29.2 Å². The molecule has 0 aliphatic rings. The van der Waals surface area contributed by atoms with E-state index in [0.29, 0.717) is 24.2 Å². The van der Waals surface area contributed by atoms with Crippen LogP contribution in [0.3, 0.4) is 0 Å². The van der Waals surface area contributed by atoms with Crippen LogP contribution in [0.4, 0.5) is 0 Å². The summed E-state index contributed by atoms with van der Waals surface area (Å²) in [6.07, 6.45) is 2.05. The lowest BCUT2D eigenvalue weighted by Gasteiger charge is -2.08. The minimum atomic E-state index is -0.236. The van der Waals surface area contributed by atoms with Gasteiger partial charge in [0.25, 0.3) is 11.5 Å². The Hall–Kier alpha value is -2.95. The fraction of sp³-hybridized carbons (Fsp3) is 0.211.